The average molecular weight is 244 g/mol. The van der Waals surface area contributed by atoms with Gasteiger partial charge in [0.1, 0.15) is 0 Å². The van der Waals surface area contributed by atoms with Gasteiger partial charge in [-0.25, -0.2) is 0 Å². The minimum atomic E-state index is -1.15. The zero-order valence-corrected chi connectivity index (χ0v) is 9.50. The first-order valence-electron chi connectivity index (χ1n) is 5.32. The van der Waals surface area contributed by atoms with E-state index in [0.29, 0.717) is 6.54 Å². The lowest BCUT2D eigenvalue weighted by molar-refractivity contribution is -0.143. The molecular weight excluding hydrogens is 228 g/mol. The number of carboxylic acid groups (broad SMARTS) is 2. The second-order valence-corrected chi connectivity index (χ2v) is 4.37. The molecule has 7 heteroatoms. The van der Waals surface area contributed by atoms with E-state index in [4.69, 9.17) is 15.9 Å². The van der Waals surface area contributed by atoms with Crippen molar-refractivity contribution >= 4 is 17.8 Å². The van der Waals surface area contributed by atoms with Crippen LogP contribution in [0, 0.1) is 11.8 Å². The summed E-state index contributed by atoms with van der Waals surface area (Å²) in [6.07, 6.45) is -0.443. The van der Waals surface area contributed by atoms with Crippen molar-refractivity contribution in [2.24, 2.45) is 17.6 Å². The van der Waals surface area contributed by atoms with Crippen molar-refractivity contribution in [2.45, 2.75) is 19.4 Å². The number of amides is 1. The SMILES string of the molecule is CC1CN(C(=O)C(N)CC(=O)O)CC1C(=O)O. The highest BCUT2D eigenvalue weighted by Gasteiger charge is 2.38. The van der Waals surface area contributed by atoms with E-state index in [1.165, 1.54) is 4.90 Å². The summed E-state index contributed by atoms with van der Waals surface area (Å²) in [5.74, 6) is -3.33. The Balaban J connectivity index is 2.61. The summed E-state index contributed by atoms with van der Waals surface area (Å²) in [7, 11) is 0. The predicted octanol–water partition coefficient (Wildman–Crippen LogP) is -1.03. The number of nitrogens with zero attached hydrogens (tertiary/aromatic N) is 1. The highest BCUT2D eigenvalue weighted by atomic mass is 16.4. The van der Waals surface area contributed by atoms with Crippen molar-refractivity contribution < 1.29 is 24.6 Å². The van der Waals surface area contributed by atoms with Crippen molar-refractivity contribution in [1.82, 2.24) is 4.90 Å². The number of hydrogen-bond acceptors (Lipinski definition) is 4. The molecule has 4 N–H and O–H groups in total. The molecule has 0 aromatic rings. The van der Waals surface area contributed by atoms with Crippen molar-refractivity contribution in [1.29, 1.82) is 0 Å². The minimum Gasteiger partial charge on any atom is -0.481 e. The van der Waals surface area contributed by atoms with Crippen LogP contribution in [0.5, 0.6) is 0 Å². The van der Waals surface area contributed by atoms with Crippen LogP contribution < -0.4 is 5.73 Å². The van der Waals surface area contributed by atoms with E-state index in [2.05, 4.69) is 0 Å². The van der Waals surface area contributed by atoms with E-state index in [0.717, 1.165) is 0 Å². The van der Waals surface area contributed by atoms with E-state index in [9.17, 15) is 14.4 Å². The number of hydrogen-bond donors (Lipinski definition) is 3. The summed E-state index contributed by atoms with van der Waals surface area (Å²) in [6, 6.07) is -1.10. The first kappa shape index (κ1) is 13.4. The predicted molar refractivity (Wildman–Crippen MR) is 57.1 cm³/mol. The molecule has 3 atom stereocenters. The third-order valence-corrected chi connectivity index (χ3v) is 2.95. The van der Waals surface area contributed by atoms with Crippen molar-refractivity contribution in [3.8, 4) is 0 Å². The number of aliphatic carboxylic acids is 2. The maximum Gasteiger partial charge on any atom is 0.308 e. The van der Waals surface area contributed by atoms with Crippen LogP contribution in [-0.2, 0) is 14.4 Å². The number of carbonyl (C=O) groups is 3. The molecule has 1 fully saturated rings. The highest BCUT2D eigenvalue weighted by Crippen LogP contribution is 2.23. The Labute approximate surface area is 98.2 Å². The standard InChI is InChI=1S/C10H16N2O5/c1-5-3-12(4-6(5)10(16)17)9(15)7(11)2-8(13)14/h5-7H,2-4,11H2,1H3,(H,13,14)(H,16,17). The first-order valence-corrected chi connectivity index (χ1v) is 5.32. The molecule has 3 unspecified atom stereocenters. The molecule has 17 heavy (non-hydrogen) atoms. The molecule has 0 bridgehead atoms. The second kappa shape index (κ2) is 5.13. The van der Waals surface area contributed by atoms with Gasteiger partial charge in [-0.15, -0.1) is 0 Å². The van der Waals surface area contributed by atoms with Crippen molar-refractivity contribution in [2.75, 3.05) is 13.1 Å². The monoisotopic (exact) mass is 244 g/mol. The smallest absolute Gasteiger partial charge is 0.308 e. The van der Waals surface area contributed by atoms with Crippen molar-refractivity contribution in [3.63, 3.8) is 0 Å². The van der Waals surface area contributed by atoms with E-state index >= 15 is 0 Å². The number of nitrogens with two attached hydrogens (primary N) is 1. The van der Waals surface area contributed by atoms with Gasteiger partial charge in [0.05, 0.1) is 18.4 Å². The Morgan fingerprint density at radius 3 is 2.35 bits per heavy atom. The lowest BCUT2D eigenvalue weighted by Crippen LogP contribution is -2.44. The zero-order chi connectivity index (χ0) is 13.2. The van der Waals surface area contributed by atoms with E-state index in [1.807, 2.05) is 0 Å². The minimum absolute atomic E-state index is 0.0999. The first-order chi connectivity index (χ1) is 7.82. The van der Waals surface area contributed by atoms with Crippen LogP contribution in [0.1, 0.15) is 13.3 Å². The van der Waals surface area contributed by atoms with Crippen LogP contribution in [0.15, 0.2) is 0 Å². The van der Waals surface area contributed by atoms with Gasteiger partial charge in [0.2, 0.25) is 5.91 Å². The maximum atomic E-state index is 11.7. The molecule has 0 spiro atoms. The molecule has 0 aliphatic carbocycles. The van der Waals surface area contributed by atoms with Crippen molar-refractivity contribution in [3.05, 3.63) is 0 Å². The quantitative estimate of drug-likeness (QED) is 0.581. The molecule has 1 heterocycles. The zero-order valence-electron chi connectivity index (χ0n) is 9.50. The van der Waals surface area contributed by atoms with Gasteiger partial charge in [-0.2, -0.15) is 0 Å². The third-order valence-electron chi connectivity index (χ3n) is 2.95. The molecule has 7 nitrogen and oxygen atoms in total. The summed E-state index contributed by atoms with van der Waals surface area (Å²) in [5, 5.41) is 17.4. The van der Waals surface area contributed by atoms with Crippen LogP contribution in [0.3, 0.4) is 0 Å². The Morgan fingerprint density at radius 2 is 1.94 bits per heavy atom. The van der Waals surface area contributed by atoms with Gasteiger partial charge in [-0.1, -0.05) is 6.92 Å². The second-order valence-electron chi connectivity index (χ2n) is 4.37. The van der Waals surface area contributed by atoms with Crippen LogP contribution in [0.4, 0.5) is 0 Å². The normalized spacial score (nSPS) is 25.6. The summed E-state index contributed by atoms with van der Waals surface area (Å²) in [5.41, 5.74) is 5.45. The van der Waals surface area contributed by atoms with E-state index in [1.54, 1.807) is 6.92 Å². The lowest BCUT2D eigenvalue weighted by atomic mass is 9.99. The maximum absolute atomic E-state index is 11.7. The van der Waals surface area contributed by atoms with Gasteiger partial charge in [0.15, 0.2) is 0 Å². The largest absolute Gasteiger partial charge is 0.481 e. The Bertz CT molecular complexity index is 344. The van der Waals surface area contributed by atoms with Gasteiger partial charge < -0.3 is 20.8 Å². The van der Waals surface area contributed by atoms with Gasteiger partial charge in [-0.3, -0.25) is 14.4 Å². The highest BCUT2D eigenvalue weighted by molar-refractivity contribution is 5.87. The Morgan fingerprint density at radius 1 is 1.35 bits per heavy atom. The summed E-state index contributed by atoms with van der Waals surface area (Å²) in [6.45, 7) is 2.15. The number of likely N-dealkylation sites (tertiary alicyclic amines) is 1. The summed E-state index contributed by atoms with van der Waals surface area (Å²) in [4.78, 5) is 34.4. The van der Waals surface area contributed by atoms with Gasteiger partial charge >= 0.3 is 11.9 Å². The van der Waals surface area contributed by atoms with Crippen LogP contribution >= 0.6 is 0 Å². The molecular formula is C10H16N2O5. The fourth-order valence-corrected chi connectivity index (χ4v) is 1.98. The third kappa shape index (κ3) is 3.16. The average Bonchev–Trinajstić information content (AvgIpc) is 2.58. The number of carboxylic acids is 2. The molecule has 96 valence electrons. The molecule has 1 amide bonds. The Hall–Kier alpha value is -1.63. The molecule has 1 aliphatic heterocycles. The van der Waals surface area contributed by atoms with Gasteiger partial charge in [0, 0.05) is 13.1 Å². The lowest BCUT2D eigenvalue weighted by Gasteiger charge is -2.19. The molecule has 0 radical (unpaired) electrons. The molecule has 1 aliphatic rings. The molecule has 0 aromatic carbocycles. The van der Waals surface area contributed by atoms with Crippen LogP contribution in [0.25, 0.3) is 0 Å². The van der Waals surface area contributed by atoms with Crippen LogP contribution in [0.2, 0.25) is 0 Å². The van der Waals surface area contributed by atoms with E-state index in [-0.39, 0.29) is 12.5 Å². The van der Waals surface area contributed by atoms with Crippen LogP contribution in [-0.4, -0.2) is 52.1 Å². The fourth-order valence-electron chi connectivity index (χ4n) is 1.98. The van der Waals surface area contributed by atoms with E-state index < -0.39 is 36.2 Å². The summed E-state index contributed by atoms with van der Waals surface area (Å²) < 4.78 is 0. The number of carbonyl (C=O) groups excluding carboxylic acids is 1. The fraction of sp³-hybridized carbons (Fsp3) is 0.700. The molecule has 0 saturated carbocycles. The summed E-state index contributed by atoms with van der Waals surface area (Å²) >= 11 is 0. The van der Waals surface area contributed by atoms with Gasteiger partial charge in [0.25, 0.3) is 0 Å². The van der Waals surface area contributed by atoms with Gasteiger partial charge in [-0.05, 0) is 5.92 Å². The molecule has 1 saturated heterocycles. The Kier molecular flexibility index (Phi) is 4.06. The molecule has 1 rings (SSSR count). The molecule has 0 aromatic heterocycles. The number of rotatable bonds is 4. The topological polar surface area (TPSA) is 121 Å².